The van der Waals surface area contributed by atoms with E-state index in [1.165, 1.54) is 18.9 Å². The summed E-state index contributed by atoms with van der Waals surface area (Å²) in [6.45, 7) is 1.91. The molecule has 7 nitrogen and oxygen atoms in total. The molecule has 0 radical (unpaired) electrons. The summed E-state index contributed by atoms with van der Waals surface area (Å²) in [7, 11) is 1.53. The van der Waals surface area contributed by atoms with Crippen LogP contribution in [0.15, 0.2) is 30.5 Å². The molecule has 1 aromatic heterocycles. The van der Waals surface area contributed by atoms with Crippen LogP contribution in [-0.2, 0) is 11.3 Å². The van der Waals surface area contributed by atoms with E-state index >= 15 is 0 Å². The molecule has 0 saturated heterocycles. The van der Waals surface area contributed by atoms with Crippen LogP contribution in [-0.4, -0.2) is 45.4 Å². The highest BCUT2D eigenvalue weighted by Crippen LogP contribution is 2.26. The Balaban J connectivity index is 2.09. The van der Waals surface area contributed by atoms with Gasteiger partial charge in [-0.3, -0.25) is 10.1 Å². The van der Waals surface area contributed by atoms with Crippen molar-refractivity contribution in [1.29, 1.82) is 0 Å². The van der Waals surface area contributed by atoms with E-state index in [2.05, 4.69) is 10.4 Å². The van der Waals surface area contributed by atoms with Gasteiger partial charge in [0.25, 0.3) is 0 Å². The van der Waals surface area contributed by atoms with Crippen molar-refractivity contribution in [1.82, 2.24) is 14.7 Å². The minimum atomic E-state index is -0.960. The molecule has 0 spiro atoms. The summed E-state index contributed by atoms with van der Waals surface area (Å²) in [5.74, 6) is -1.17. The van der Waals surface area contributed by atoms with Gasteiger partial charge in [0.2, 0.25) is 0 Å². The van der Waals surface area contributed by atoms with Gasteiger partial charge in [0, 0.05) is 35.3 Å². The van der Waals surface area contributed by atoms with E-state index in [1.54, 1.807) is 35.1 Å². The maximum absolute atomic E-state index is 12.2. The molecule has 2 aromatic rings. The number of carboxylic acid groups (broad SMARTS) is 1. The number of aromatic nitrogens is 2. The van der Waals surface area contributed by atoms with Crippen molar-refractivity contribution < 1.29 is 14.7 Å². The molecule has 0 saturated carbocycles. The normalized spacial score (nSPS) is 11.8. The van der Waals surface area contributed by atoms with Crippen molar-refractivity contribution in [2.75, 3.05) is 18.9 Å². The number of amides is 2. The van der Waals surface area contributed by atoms with Gasteiger partial charge < -0.3 is 10.0 Å². The highest BCUT2D eigenvalue weighted by molar-refractivity contribution is 6.35. The Bertz CT molecular complexity index is 758. The Labute approximate surface area is 155 Å². The first-order valence-electron chi connectivity index (χ1n) is 7.49. The summed E-state index contributed by atoms with van der Waals surface area (Å²) in [6.07, 6.45) is 1.54. The standard InChI is InChI=1S/C16H18Cl2N4O3/c1-10(15(23)24)8-21(2)16(25)20-14-6-7-19-22(14)9-11-12(17)4-3-5-13(11)18/h3-7,10H,8-9H2,1-2H3,(H,20,25)(H,23,24). The molecule has 0 bridgehead atoms. The van der Waals surface area contributed by atoms with Gasteiger partial charge in [-0.15, -0.1) is 0 Å². The second-order valence-electron chi connectivity index (χ2n) is 5.62. The largest absolute Gasteiger partial charge is 0.481 e. The van der Waals surface area contributed by atoms with Crippen molar-refractivity contribution in [3.05, 3.63) is 46.1 Å². The fourth-order valence-corrected chi connectivity index (χ4v) is 2.69. The lowest BCUT2D eigenvalue weighted by atomic mass is 10.2. The molecule has 0 aliphatic carbocycles. The molecule has 0 aliphatic heterocycles. The van der Waals surface area contributed by atoms with Crippen LogP contribution in [0.1, 0.15) is 12.5 Å². The molecule has 0 fully saturated rings. The van der Waals surface area contributed by atoms with Crippen LogP contribution in [0.5, 0.6) is 0 Å². The van der Waals surface area contributed by atoms with Gasteiger partial charge in [0.15, 0.2) is 0 Å². The van der Waals surface area contributed by atoms with E-state index in [0.717, 1.165) is 0 Å². The molecule has 2 amide bonds. The lowest BCUT2D eigenvalue weighted by molar-refractivity contribution is -0.141. The number of benzene rings is 1. The number of hydrogen-bond acceptors (Lipinski definition) is 3. The van der Waals surface area contributed by atoms with E-state index in [0.29, 0.717) is 21.4 Å². The Morgan fingerprint density at radius 1 is 1.32 bits per heavy atom. The minimum absolute atomic E-state index is 0.0889. The fraction of sp³-hybridized carbons (Fsp3) is 0.312. The summed E-state index contributed by atoms with van der Waals surface area (Å²) in [5, 5.41) is 16.8. The average Bonchev–Trinajstić information content (AvgIpc) is 2.97. The van der Waals surface area contributed by atoms with Crippen LogP contribution in [0.2, 0.25) is 10.0 Å². The zero-order valence-electron chi connectivity index (χ0n) is 13.7. The number of carbonyl (C=O) groups is 2. The first-order chi connectivity index (χ1) is 11.8. The van der Waals surface area contributed by atoms with E-state index in [9.17, 15) is 9.59 Å². The third-order valence-electron chi connectivity index (χ3n) is 3.64. The molecule has 2 rings (SSSR count). The number of halogens is 2. The van der Waals surface area contributed by atoms with Gasteiger partial charge in [-0.05, 0) is 12.1 Å². The Hall–Kier alpha value is -2.25. The zero-order valence-corrected chi connectivity index (χ0v) is 15.3. The van der Waals surface area contributed by atoms with Gasteiger partial charge >= 0.3 is 12.0 Å². The van der Waals surface area contributed by atoms with Gasteiger partial charge in [-0.25, -0.2) is 9.48 Å². The highest BCUT2D eigenvalue weighted by atomic mass is 35.5. The van der Waals surface area contributed by atoms with Crippen molar-refractivity contribution in [2.45, 2.75) is 13.5 Å². The third-order valence-corrected chi connectivity index (χ3v) is 4.35. The first-order valence-corrected chi connectivity index (χ1v) is 8.24. The predicted octanol–water partition coefficient (Wildman–Crippen LogP) is 3.42. The van der Waals surface area contributed by atoms with Gasteiger partial charge in [-0.1, -0.05) is 36.2 Å². The number of anilines is 1. The van der Waals surface area contributed by atoms with Crippen LogP contribution in [0.3, 0.4) is 0 Å². The van der Waals surface area contributed by atoms with Crippen LogP contribution >= 0.6 is 23.2 Å². The molecule has 0 aliphatic rings. The monoisotopic (exact) mass is 384 g/mol. The maximum Gasteiger partial charge on any atom is 0.322 e. The Morgan fingerprint density at radius 3 is 2.56 bits per heavy atom. The maximum atomic E-state index is 12.2. The van der Waals surface area contributed by atoms with Gasteiger partial charge in [-0.2, -0.15) is 5.10 Å². The lowest BCUT2D eigenvalue weighted by Crippen LogP contribution is -2.37. The van der Waals surface area contributed by atoms with Crippen LogP contribution in [0, 0.1) is 5.92 Å². The third kappa shape index (κ3) is 4.87. The molecule has 25 heavy (non-hydrogen) atoms. The minimum Gasteiger partial charge on any atom is -0.481 e. The molecule has 9 heteroatoms. The summed E-state index contributed by atoms with van der Waals surface area (Å²) < 4.78 is 1.56. The van der Waals surface area contributed by atoms with E-state index < -0.39 is 17.9 Å². The number of nitrogens with zero attached hydrogens (tertiary/aromatic N) is 3. The average molecular weight is 385 g/mol. The number of rotatable bonds is 6. The number of carbonyl (C=O) groups excluding carboxylic acids is 1. The van der Waals surface area contributed by atoms with Gasteiger partial charge in [0.1, 0.15) is 5.82 Å². The smallest absolute Gasteiger partial charge is 0.322 e. The second-order valence-corrected chi connectivity index (χ2v) is 6.44. The van der Waals surface area contributed by atoms with E-state index in [-0.39, 0.29) is 13.1 Å². The van der Waals surface area contributed by atoms with Crippen LogP contribution < -0.4 is 5.32 Å². The number of urea groups is 1. The van der Waals surface area contributed by atoms with Crippen molar-refractivity contribution in [3.8, 4) is 0 Å². The molecular formula is C16H18Cl2N4O3. The van der Waals surface area contributed by atoms with Crippen LogP contribution in [0.25, 0.3) is 0 Å². The SMILES string of the molecule is CC(CN(C)C(=O)Nc1ccnn1Cc1c(Cl)cccc1Cl)C(=O)O. The number of hydrogen-bond donors (Lipinski definition) is 2. The second kappa shape index (κ2) is 8.22. The number of nitrogens with one attached hydrogen (secondary N) is 1. The van der Waals surface area contributed by atoms with E-state index in [4.69, 9.17) is 28.3 Å². The lowest BCUT2D eigenvalue weighted by Gasteiger charge is -2.20. The van der Waals surface area contributed by atoms with Crippen molar-refractivity contribution in [2.24, 2.45) is 5.92 Å². The van der Waals surface area contributed by atoms with Crippen LogP contribution in [0.4, 0.5) is 10.6 Å². The summed E-state index contributed by atoms with van der Waals surface area (Å²) in [5.41, 5.74) is 0.692. The van der Waals surface area contributed by atoms with Gasteiger partial charge in [0.05, 0.1) is 18.7 Å². The summed E-state index contributed by atoms with van der Waals surface area (Å²) in [4.78, 5) is 24.4. The number of aliphatic carboxylic acids is 1. The first kappa shape index (κ1) is 19.1. The predicted molar refractivity (Wildman–Crippen MR) is 96.2 cm³/mol. The molecule has 2 N–H and O–H groups in total. The topological polar surface area (TPSA) is 87.5 Å². The Morgan fingerprint density at radius 2 is 1.96 bits per heavy atom. The van der Waals surface area contributed by atoms with E-state index in [1.807, 2.05) is 0 Å². The summed E-state index contributed by atoms with van der Waals surface area (Å²) in [6, 6.07) is 6.41. The summed E-state index contributed by atoms with van der Waals surface area (Å²) >= 11 is 12.3. The Kier molecular flexibility index (Phi) is 6.27. The molecule has 1 atom stereocenters. The molecular weight excluding hydrogens is 367 g/mol. The molecule has 1 unspecified atom stereocenters. The molecule has 134 valence electrons. The quantitative estimate of drug-likeness (QED) is 0.798. The molecule has 1 aromatic carbocycles. The zero-order chi connectivity index (χ0) is 18.6. The number of carboxylic acids is 1. The molecule has 1 heterocycles. The van der Waals surface area contributed by atoms with Crippen molar-refractivity contribution in [3.63, 3.8) is 0 Å². The highest BCUT2D eigenvalue weighted by Gasteiger charge is 2.18. The fourth-order valence-electron chi connectivity index (χ4n) is 2.17. The van der Waals surface area contributed by atoms with Crippen molar-refractivity contribution >= 4 is 41.0 Å².